The molecule has 0 radical (unpaired) electrons. The van der Waals surface area contributed by atoms with E-state index in [-0.39, 0.29) is 11.4 Å². The molecule has 0 aliphatic rings. The average molecular weight is 306 g/mol. The number of rotatable bonds is 2. The van der Waals surface area contributed by atoms with Crippen LogP contribution in [0.3, 0.4) is 0 Å². The number of aromatic nitrogens is 2. The lowest BCUT2D eigenvalue weighted by atomic mass is 10.2. The van der Waals surface area contributed by atoms with E-state index in [4.69, 9.17) is 14.2 Å². The SMILES string of the molecule is COC(=O)c1c(OC)ncc2ccn(C(=O)OC(C)(C)C)c12. The van der Waals surface area contributed by atoms with Crippen LogP contribution in [0.4, 0.5) is 4.79 Å². The van der Waals surface area contributed by atoms with Crippen LogP contribution in [-0.2, 0) is 9.47 Å². The van der Waals surface area contributed by atoms with Crippen molar-refractivity contribution >= 4 is 23.0 Å². The van der Waals surface area contributed by atoms with Crippen molar-refractivity contribution in [2.75, 3.05) is 14.2 Å². The summed E-state index contributed by atoms with van der Waals surface area (Å²) >= 11 is 0. The molecule has 0 amide bonds. The smallest absolute Gasteiger partial charge is 0.419 e. The quantitative estimate of drug-likeness (QED) is 0.793. The molecule has 0 aliphatic heterocycles. The highest BCUT2D eigenvalue weighted by atomic mass is 16.6. The third-order valence-corrected chi connectivity index (χ3v) is 2.86. The van der Waals surface area contributed by atoms with Gasteiger partial charge in [0.15, 0.2) is 0 Å². The molecular formula is C15H18N2O5. The van der Waals surface area contributed by atoms with Gasteiger partial charge in [0, 0.05) is 17.8 Å². The normalized spacial score (nSPS) is 11.3. The van der Waals surface area contributed by atoms with E-state index in [1.54, 1.807) is 26.8 Å². The van der Waals surface area contributed by atoms with Gasteiger partial charge >= 0.3 is 12.1 Å². The zero-order valence-corrected chi connectivity index (χ0v) is 13.2. The maximum Gasteiger partial charge on any atom is 0.419 e. The van der Waals surface area contributed by atoms with E-state index in [2.05, 4.69) is 4.98 Å². The summed E-state index contributed by atoms with van der Waals surface area (Å²) in [6.07, 6.45) is 2.44. The first-order valence-electron chi connectivity index (χ1n) is 6.64. The Balaban J connectivity index is 2.67. The van der Waals surface area contributed by atoms with Gasteiger partial charge in [-0.05, 0) is 26.8 Å². The molecule has 0 unspecified atom stereocenters. The van der Waals surface area contributed by atoms with Gasteiger partial charge in [0.05, 0.1) is 19.7 Å². The number of fused-ring (bicyclic) bond motifs is 1. The second-order valence-electron chi connectivity index (χ2n) is 5.60. The summed E-state index contributed by atoms with van der Waals surface area (Å²) in [7, 11) is 2.64. The lowest BCUT2D eigenvalue weighted by molar-refractivity contribution is 0.0544. The highest BCUT2D eigenvalue weighted by molar-refractivity contribution is 6.07. The van der Waals surface area contributed by atoms with E-state index in [1.165, 1.54) is 31.2 Å². The molecule has 118 valence electrons. The molecular weight excluding hydrogens is 288 g/mol. The fraction of sp³-hybridized carbons (Fsp3) is 0.400. The first-order chi connectivity index (χ1) is 10.3. The van der Waals surface area contributed by atoms with Crippen LogP contribution in [-0.4, -0.2) is 41.4 Å². The summed E-state index contributed by atoms with van der Waals surface area (Å²) in [6, 6.07) is 1.66. The highest BCUT2D eigenvalue weighted by Gasteiger charge is 2.25. The molecule has 7 heteroatoms. The number of methoxy groups -OCH3 is 2. The van der Waals surface area contributed by atoms with Gasteiger partial charge in [0.25, 0.3) is 0 Å². The Bertz CT molecular complexity index is 727. The molecule has 0 atom stereocenters. The van der Waals surface area contributed by atoms with Crippen molar-refractivity contribution in [1.29, 1.82) is 0 Å². The van der Waals surface area contributed by atoms with Crippen LogP contribution in [0.2, 0.25) is 0 Å². The van der Waals surface area contributed by atoms with E-state index in [1.807, 2.05) is 0 Å². The molecule has 22 heavy (non-hydrogen) atoms. The zero-order valence-electron chi connectivity index (χ0n) is 13.2. The number of nitrogens with zero attached hydrogens (tertiary/aromatic N) is 2. The maximum atomic E-state index is 12.3. The molecule has 0 saturated carbocycles. The van der Waals surface area contributed by atoms with E-state index in [0.717, 1.165) is 0 Å². The average Bonchev–Trinajstić information content (AvgIpc) is 2.87. The number of hydrogen-bond acceptors (Lipinski definition) is 6. The minimum atomic E-state index is -0.657. The van der Waals surface area contributed by atoms with Gasteiger partial charge < -0.3 is 14.2 Å². The van der Waals surface area contributed by atoms with E-state index < -0.39 is 17.7 Å². The van der Waals surface area contributed by atoms with E-state index in [0.29, 0.717) is 10.9 Å². The molecule has 2 aromatic rings. The molecule has 0 bridgehead atoms. The molecule has 0 fully saturated rings. The van der Waals surface area contributed by atoms with Gasteiger partial charge in [0.2, 0.25) is 5.88 Å². The van der Waals surface area contributed by atoms with Crippen LogP contribution in [0.25, 0.3) is 10.9 Å². The number of carbonyl (C=O) groups is 2. The minimum Gasteiger partial charge on any atom is -0.480 e. The Kier molecular flexibility index (Phi) is 4.07. The standard InChI is InChI=1S/C15H18N2O5/c1-15(2,3)22-14(19)17-7-6-9-8-16-12(20-4)10(11(9)17)13(18)21-5/h6-8H,1-5H3. The van der Waals surface area contributed by atoms with Crippen molar-refractivity contribution in [2.45, 2.75) is 26.4 Å². The van der Waals surface area contributed by atoms with Crippen LogP contribution in [0.15, 0.2) is 18.5 Å². The van der Waals surface area contributed by atoms with Gasteiger partial charge in [-0.15, -0.1) is 0 Å². The van der Waals surface area contributed by atoms with Crippen molar-refractivity contribution in [2.24, 2.45) is 0 Å². The second kappa shape index (κ2) is 5.67. The molecule has 2 heterocycles. The lowest BCUT2D eigenvalue weighted by Gasteiger charge is -2.20. The largest absolute Gasteiger partial charge is 0.480 e. The third kappa shape index (κ3) is 2.88. The third-order valence-electron chi connectivity index (χ3n) is 2.86. The first kappa shape index (κ1) is 15.8. The van der Waals surface area contributed by atoms with Crippen LogP contribution in [0.1, 0.15) is 31.1 Å². The summed E-state index contributed by atoms with van der Waals surface area (Å²) < 4.78 is 16.5. The van der Waals surface area contributed by atoms with Crippen LogP contribution in [0, 0.1) is 0 Å². The van der Waals surface area contributed by atoms with Crippen LogP contribution >= 0.6 is 0 Å². The molecule has 2 aromatic heterocycles. The fourth-order valence-electron chi connectivity index (χ4n) is 2.01. The topological polar surface area (TPSA) is 79.7 Å². The Morgan fingerprint density at radius 1 is 1.23 bits per heavy atom. The predicted molar refractivity (Wildman–Crippen MR) is 79.3 cm³/mol. The minimum absolute atomic E-state index is 0.0818. The maximum absolute atomic E-state index is 12.3. The lowest BCUT2D eigenvalue weighted by Crippen LogP contribution is -2.27. The number of ether oxygens (including phenoxy) is 3. The Labute approximate surface area is 127 Å². The van der Waals surface area contributed by atoms with Crippen molar-refractivity contribution in [3.05, 3.63) is 24.0 Å². The summed E-state index contributed by atoms with van der Waals surface area (Å²) in [5, 5.41) is 0.604. The zero-order chi connectivity index (χ0) is 16.5. The monoisotopic (exact) mass is 306 g/mol. The number of esters is 1. The molecule has 0 N–H and O–H groups in total. The molecule has 0 spiro atoms. The summed E-state index contributed by atoms with van der Waals surface area (Å²) in [5.74, 6) is -0.554. The molecule has 2 rings (SSSR count). The molecule has 7 nitrogen and oxygen atoms in total. The fourth-order valence-corrected chi connectivity index (χ4v) is 2.01. The van der Waals surface area contributed by atoms with Gasteiger partial charge in [-0.25, -0.2) is 14.6 Å². The van der Waals surface area contributed by atoms with Gasteiger partial charge in [-0.1, -0.05) is 0 Å². The molecule has 0 aliphatic carbocycles. The summed E-state index contributed by atoms with van der Waals surface area (Å²) in [5.41, 5.74) is -0.234. The van der Waals surface area contributed by atoms with Gasteiger partial charge in [0.1, 0.15) is 11.2 Å². The predicted octanol–water partition coefficient (Wildman–Crippen LogP) is 2.61. The van der Waals surface area contributed by atoms with Crippen molar-refractivity contribution in [3.63, 3.8) is 0 Å². The van der Waals surface area contributed by atoms with Crippen molar-refractivity contribution in [1.82, 2.24) is 9.55 Å². The van der Waals surface area contributed by atoms with Gasteiger partial charge in [-0.3, -0.25) is 4.57 Å². The van der Waals surface area contributed by atoms with Crippen LogP contribution < -0.4 is 4.74 Å². The number of pyridine rings is 1. The Morgan fingerprint density at radius 3 is 2.45 bits per heavy atom. The van der Waals surface area contributed by atoms with E-state index in [9.17, 15) is 9.59 Å². The summed E-state index contributed by atoms with van der Waals surface area (Å²) in [4.78, 5) is 28.4. The summed E-state index contributed by atoms with van der Waals surface area (Å²) in [6.45, 7) is 5.29. The van der Waals surface area contributed by atoms with Crippen LogP contribution in [0.5, 0.6) is 5.88 Å². The molecule has 0 aromatic carbocycles. The molecule has 0 saturated heterocycles. The highest BCUT2D eigenvalue weighted by Crippen LogP contribution is 2.28. The van der Waals surface area contributed by atoms with Crippen molar-refractivity contribution in [3.8, 4) is 5.88 Å². The van der Waals surface area contributed by atoms with E-state index >= 15 is 0 Å². The van der Waals surface area contributed by atoms with Crippen molar-refractivity contribution < 1.29 is 23.8 Å². The Morgan fingerprint density at radius 2 is 1.91 bits per heavy atom. The Hall–Kier alpha value is -2.57. The van der Waals surface area contributed by atoms with Gasteiger partial charge in [-0.2, -0.15) is 0 Å². The number of hydrogen-bond donors (Lipinski definition) is 0. The first-order valence-corrected chi connectivity index (χ1v) is 6.64. The number of carbonyl (C=O) groups excluding carboxylic acids is 2. The second-order valence-corrected chi connectivity index (χ2v) is 5.60.